The number of hydrogen-bond acceptors (Lipinski definition) is 5. The van der Waals surface area contributed by atoms with Gasteiger partial charge in [0.1, 0.15) is 5.75 Å². The molecule has 2 atom stereocenters. The van der Waals surface area contributed by atoms with Crippen LogP contribution in [0.3, 0.4) is 0 Å². The van der Waals surface area contributed by atoms with Crippen molar-refractivity contribution in [3.05, 3.63) is 58.1 Å². The van der Waals surface area contributed by atoms with Crippen molar-refractivity contribution >= 4 is 23.3 Å². The largest absolute Gasteiger partial charge is 0.497 e. The number of piperidine rings is 1. The van der Waals surface area contributed by atoms with E-state index in [1.165, 1.54) is 0 Å². The number of nitrogens with zero attached hydrogens (tertiary/aromatic N) is 3. The Hall–Kier alpha value is -2.89. The first kappa shape index (κ1) is 19.4. The van der Waals surface area contributed by atoms with Crippen LogP contribution in [0.25, 0.3) is 0 Å². The van der Waals surface area contributed by atoms with Gasteiger partial charge in [0.05, 0.1) is 17.7 Å². The van der Waals surface area contributed by atoms with Gasteiger partial charge in [0.15, 0.2) is 0 Å². The van der Waals surface area contributed by atoms with Crippen LogP contribution in [-0.4, -0.2) is 30.8 Å². The van der Waals surface area contributed by atoms with Crippen LogP contribution < -0.4 is 9.64 Å². The first-order chi connectivity index (χ1) is 13.7. The third-order valence-electron chi connectivity index (χ3n) is 6.98. The van der Waals surface area contributed by atoms with Crippen LogP contribution in [0.5, 0.6) is 5.75 Å². The first-order valence-corrected chi connectivity index (χ1v) is 9.96. The van der Waals surface area contributed by atoms with Gasteiger partial charge in [-0.05, 0) is 54.0 Å². The molecule has 0 spiro atoms. The Balaban J connectivity index is 1.68. The maximum atomic E-state index is 11.3. The molecule has 0 N–H and O–H groups in total. The van der Waals surface area contributed by atoms with Crippen LogP contribution in [0.1, 0.15) is 39.2 Å². The number of aliphatic imine (C=N–C) groups is 1. The van der Waals surface area contributed by atoms with Crippen molar-refractivity contribution in [2.24, 2.45) is 15.8 Å². The van der Waals surface area contributed by atoms with Gasteiger partial charge in [-0.2, -0.15) is 0 Å². The van der Waals surface area contributed by atoms with E-state index >= 15 is 0 Å². The first-order valence-electron chi connectivity index (χ1n) is 9.96. The molecule has 6 heteroatoms. The fraction of sp³-hybridized carbons (Fsp3) is 0.435. The average molecular weight is 393 g/mol. The molecule has 29 heavy (non-hydrogen) atoms. The highest BCUT2D eigenvalue weighted by Crippen LogP contribution is 2.59. The summed E-state index contributed by atoms with van der Waals surface area (Å²) in [6.07, 6.45) is 4.03. The van der Waals surface area contributed by atoms with E-state index in [1.54, 1.807) is 25.5 Å². The number of anilines is 1. The Bertz CT molecular complexity index is 966. The number of methoxy groups -OCH3 is 1. The quantitative estimate of drug-likeness (QED) is 0.389. The molecular weight excluding hydrogens is 366 g/mol. The molecule has 152 valence electrons. The van der Waals surface area contributed by atoms with E-state index in [0.29, 0.717) is 11.5 Å². The van der Waals surface area contributed by atoms with Crippen molar-refractivity contribution in [3.8, 4) is 5.75 Å². The predicted octanol–water partition coefficient (Wildman–Crippen LogP) is 5.37. The lowest BCUT2D eigenvalue weighted by Crippen LogP contribution is -2.44. The van der Waals surface area contributed by atoms with Crippen LogP contribution in [0.15, 0.2) is 47.5 Å². The zero-order valence-electron chi connectivity index (χ0n) is 17.4. The predicted molar refractivity (Wildman–Crippen MR) is 116 cm³/mol. The summed E-state index contributed by atoms with van der Waals surface area (Å²) in [7, 11) is 1.62. The Kier molecular flexibility index (Phi) is 4.60. The van der Waals surface area contributed by atoms with Crippen LogP contribution in [-0.2, 0) is 0 Å². The Morgan fingerprint density at radius 2 is 1.90 bits per heavy atom. The molecule has 1 aliphatic heterocycles. The highest BCUT2D eigenvalue weighted by atomic mass is 16.6. The molecule has 2 aromatic carbocycles. The summed E-state index contributed by atoms with van der Waals surface area (Å²) in [6.45, 7) is 8.04. The topological polar surface area (TPSA) is 68.0 Å². The van der Waals surface area contributed by atoms with Crippen LogP contribution in [0.2, 0.25) is 0 Å². The monoisotopic (exact) mass is 393 g/mol. The van der Waals surface area contributed by atoms with E-state index in [-0.39, 0.29) is 16.0 Å². The molecule has 4 rings (SSSR count). The number of rotatable bonds is 5. The SMILES string of the molecule is COc1ccc(N=Cc2cc([N+](=O)[O-])ccc2N2CC3(C)CC2CC3(C)C)cc1. The summed E-state index contributed by atoms with van der Waals surface area (Å²) in [5.41, 5.74) is 3.23. The number of fused-ring (bicyclic) bond motifs is 2. The summed E-state index contributed by atoms with van der Waals surface area (Å²) < 4.78 is 5.18. The molecule has 2 bridgehead atoms. The number of benzene rings is 2. The summed E-state index contributed by atoms with van der Waals surface area (Å²) >= 11 is 0. The van der Waals surface area contributed by atoms with Crippen LogP contribution >= 0.6 is 0 Å². The van der Waals surface area contributed by atoms with Gasteiger partial charge in [-0.1, -0.05) is 20.8 Å². The third-order valence-corrected chi connectivity index (χ3v) is 6.98. The zero-order chi connectivity index (χ0) is 20.8. The van der Waals surface area contributed by atoms with Crippen LogP contribution in [0, 0.1) is 20.9 Å². The molecule has 0 amide bonds. The molecule has 0 radical (unpaired) electrons. The van der Waals surface area contributed by atoms with Crippen molar-refractivity contribution in [2.45, 2.75) is 39.7 Å². The third kappa shape index (κ3) is 3.37. The van der Waals surface area contributed by atoms with E-state index < -0.39 is 0 Å². The van der Waals surface area contributed by atoms with Gasteiger partial charge >= 0.3 is 0 Å². The lowest BCUT2D eigenvalue weighted by molar-refractivity contribution is -0.384. The minimum Gasteiger partial charge on any atom is -0.497 e. The van der Waals surface area contributed by atoms with E-state index in [2.05, 4.69) is 30.7 Å². The standard InChI is InChI=1S/C23H27N3O3/c1-22(2)12-19-13-23(22,3)15-25(19)21-10-7-18(26(27)28)11-16(21)14-24-17-5-8-20(29-4)9-6-17/h5-11,14,19H,12-13,15H2,1-4H3. The van der Waals surface area contributed by atoms with E-state index in [0.717, 1.165) is 42.1 Å². The average Bonchev–Trinajstić information content (AvgIpc) is 3.14. The molecule has 2 aliphatic rings. The van der Waals surface area contributed by atoms with Crippen molar-refractivity contribution in [1.82, 2.24) is 0 Å². The highest BCUT2D eigenvalue weighted by molar-refractivity contribution is 5.91. The van der Waals surface area contributed by atoms with Gasteiger partial charge in [-0.25, -0.2) is 0 Å². The molecule has 1 heterocycles. The van der Waals surface area contributed by atoms with E-state index in [9.17, 15) is 10.1 Å². The molecule has 2 unspecified atom stereocenters. The molecule has 2 aromatic rings. The lowest BCUT2D eigenvalue weighted by atomic mass is 9.69. The molecule has 1 aliphatic carbocycles. The maximum Gasteiger partial charge on any atom is 0.270 e. The van der Waals surface area contributed by atoms with E-state index in [4.69, 9.17) is 4.74 Å². The fourth-order valence-corrected chi connectivity index (χ4v) is 4.82. The summed E-state index contributed by atoms with van der Waals surface area (Å²) in [4.78, 5) is 18.0. The van der Waals surface area contributed by atoms with Crippen LogP contribution in [0.4, 0.5) is 17.1 Å². The molecular formula is C23H27N3O3. The smallest absolute Gasteiger partial charge is 0.270 e. The summed E-state index contributed by atoms with van der Waals surface area (Å²) in [5.74, 6) is 0.768. The van der Waals surface area contributed by atoms with Gasteiger partial charge in [0.25, 0.3) is 5.69 Å². The van der Waals surface area contributed by atoms with Crippen molar-refractivity contribution in [3.63, 3.8) is 0 Å². The Labute approximate surface area is 171 Å². The van der Waals surface area contributed by atoms with Crippen molar-refractivity contribution in [1.29, 1.82) is 0 Å². The van der Waals surface area contributed by atoms with Gasteiger partial charge in [-0.15, -0.1) is 0 Å². The second-order valence-corrected chi connectivity index (χ2v) is 9.09. The molecule has 6 nitrogen and oxygen atoms in total. The minimum atomic E-state index is -0.352. The number of non-ortho nitro benzene ring substituents is 1. The van der Waals surface area contributed by atoms with Crippen molar-refractivity contribution in [2.75, 3.05) is 18.6 Å². The molecule has 1 saturated heterocycles. The van der Waals surface area contributed by atoms with Gasteiger partial charge in [0.2, 0.25) is 0 Å². The lowest BCUT2D eigenvalue weighted by Gasteiger charge is -2.44. The Morgan fingerprint density at radius 3 is 2.45 bits per heavy atom. The van der Waals surface area contributed by atoms with Gasteiger partial charge in [-0.3, -0.25) is 15.1 Å². The Morgan fingerprint density at radius 1 is 1.17 bits per heavy atom. The summed E-state index contributed by atoms with van der Waals surface area (Å²) in [6, 6.07) is 13.0. The number of nitro benzene ring substituents is 1. The second-order valence-electron chi connectivity index (χ2n) is 9.09. The number of hydrogen-bond donors (Lipinski definition) is 0. The molecule has 2 fully saturated rings. The normalized spacial score (nSPS) is 25.0. The minimum absolute atomic E-state index is 0.0841. The van der Waals surface area contributed by atoms with Crippen molar-refractivity contribution < 1.29 is 9.66 Å². The molecule has 1 saturated carbocycles. The number of ether oxygens (including phenoxy) is 1. The van der Waals surface area contributed by atoms with E-state index in [1.807, 2.05) is 30.3 Å². The van der Waals surface area contributed by atoms with Gasteiger partial charge in [0, 0.05) is 42.2 Å². The second kappa shape index (κ2) is 6.87. The number of nitro groups is 1. The highest BCUT2D eigenvalue weighted by Gasteiger charge is 2.57. The zero-order valence-corrected chi connectivity index (χ0v) is 17.4. The fourth-order valence-electron chi connectivity index (χ4n) is 4.82. The maximum absolute atomic E-state index is 11.3. The molecule has 0 aromatic heterocycles. The summed E-state index contributed by atoms with van der Waals surface area (Å²) in [5, 5.41) is 11.3. The van der Waals surface area contributed by atoms with Gasteiger partial charge < -0.3 is 9.64 Å².